The van der Waals surface area contributed by atoms with Gasteiger partial charge in [-0.25, -0.2) is 0 Å². The van der Waals surface area contributed by atoms with Gasteiger partial charge < -0.3 is 24.2 Å². The molecule has 30 heavy (non-hydrogen) atoms. The van der Waals surface area contributed by atoms with Crippen molar-refractivity contribution in [2.24, 2.45) is 18.9 Å². The Bertz CT molecular complexity index is 929. The highest BCUT2D eigenvalue weighted by atomic mass is 16.7. The lowest BCUT2D eigenvalue weighted by Gasteiger charge is -2.35. The second-order valence-corrected chi connectivity index (χ2v) is 8.48. The Morgan fingerprint density at radius 1 is 1.20 bits per heavy atom. The van der Waals surface area contributed by atoms with E-state index in [0.29, 0.717) is 48.3 Å². The van der Waals surface area contributed by atoms with Crippen molar-refractivity contribution >= 4 is 5.91 Å². The number of benzene rings is 1. The fourth-order valence-corrected chi connectivity index (χ4v) is 4.89. The maximum absolute atomic E-state index is 12.7. The number of amides is 1. The molecule has 4 atom stereocenters. The summed E-state index contributed by atoms with van der Waals surface area (Å²) >= 11 is 0. The van der Waals surface area contributed by atoms with Crippen molar-refractivity contribution < 1.29 is 24.1 Å². The number of rotatable bonds is 5. The Labute approximate surface area is 175 Å². The number of ether oxygens (including phenoxy) is 3. The van der Waals surface area contributed by atoms with Crippen LogP contribution in [0, 0.1) is 11.8 Å². The van der Waals surface area contributed by atoms with Crippen molar-refractivity contribution in [1.82, 2.24) is 14.7 Å². The van der Waals surface area contributed by atoms with Gasteiger partial charge >= 0.3 is 0 Å². The van der Waals surface area contributed by atoms with Crippen LogP contribution < -0.4 is 14.2 Å². The molecule has 0 unspecified atom stereocenters. The van der Waals surface area contributed by atoms with Crippen LogP contribution in [0.2, 0.25) is 0 Å². The van der Waals surface area contributed by atoms with Crippen molar-refractivity contribution in [2.45, 2.75) is 37.9 Å². The molecule has 2 aromatic rings. The van der Waals surface area contributed by atoms with E-state index in [1.807, 2.05) is 40.9 Å². The highest BCUT2D eigenvalue weighted by molar-refractivity contribution is 5.76. The quantitative estimate of drug-likeness (QED) is 0.804. The first-order valence-electron chi connectivity index (χ1n) is 10.6. The Morgan fingerprint density at radius 3 is 2.80 bits per heavy atom. The molecule has 3 aliphatic rings. The Kier molecular flexibility index (Phi) is 5.02. The van der Waals surface area contributed by atoms with E-state index < -0.39 is 6.10 Å². The maximum atomic E-state index is 12.7. The van der Waals surface area contributed by atoms with Gasteiger partial charge in [-0.3, -0.25) is 9.48 Å². The van der Waals surface area contributed by atoms with E-state index in [2.05, 4.69) is 5.10 Å². The summed E-state index contributed by atoms with van der Waals surface area (Å²) in [5, 5.41) is 14.8. The fourth-order valence-electron chi connectivity index (χ4n) is 4.89. The van der Waals surface area contributed by atoms with Crippen molar-refractivity contribution in [3.8, 4) is 17.2 Å². The second kappa shape index (κ2) is 7.83. The predicted octanol–water partition coefficient (Wildman–Crippen LogP) is 1.76. The highest BCUT2D eigenvalue weighted by Gasteiger charge is 2.43. The molecule has 5 rings (SSSR count). The van der Waals surface area contributed by atoms with Crippen LogP contribution in [-0.2, 0) is 18.3 Å². The minimum absolute atomic E-state index is 0.174. The number of aryl methyl sites for hydroxylation is 2. The highest BCUT2D eigenvalue weighted by Crippen LogP contribution is 2.40. The molecule has 1 aromatic carbocycles. The lowest BCUT2D eigenvalue weighted by Crippen LogP contribution is -2.42. The Balaban J connectivity index is 1.18. The molecule has 1 aliphatic carbocycles. The zero-order chi connectivity index (χ0) is 20.7. The fraction of sp³-hybridized carbons (Fsp3) is 0.545. The summed E-state index contributed by atoms with van der Waals surface area (Å²) in [6.07, 6.45) is 3.51. The van der Waals surface area contributed by atoms with Crippen LogP contribution in [0.15, 0.2) is 30.5 Å². The summed E-state index contributed by atoms with van der Waals surface area (Å²) in [6, 6.07) is 7.43. The number of aromatic nitrogens is 2. The molecule has 0 bridgehead atoms. The minimum Gasteiger partial charge on any atom is -0.488 e. The first-order valence-corrected chi connectivity index (χ1v) is 10.6. The molecule has 2 fully saturated rings. The van der Waals surface area contributed by atoms with E-state index >= 15 is 0 Å². The zero-order valence-corrected chi connectivity index (χ0v) is 17.1. The van der Waals surface area contributed by atoms with Crippen LogP contribution in [0.4, 0.5) is 0 Å². The largest absolute Gasteiger partial charge is 0.488 e. The third kappa shape index (κ3) is 3.71. The van der Waals surface area contributed by atoms with Gasteiger partial charge in [0.1, 0.15) is 11.9 Å². The van der Waals surface area contributed by atoms with Gasteiger partial charge in [0.05, 0.1) is 6.10 Å². The summed E-state index contributed by atoms with van der Waals surface area (Å²) in [7, 11) is 1.89. The van der Waals surface area contributed by atoms with Crippen LogP contribution in [0.1, 0.15) is 25.0 Å². The number of aliphatic hydroxyl groups excluding tert-OH is 1. The average molecular weight is 413 g/mol. The lowest BCUT2D eigenvalue weighted by atomic mass is 9.78. The summed E-state index contributed by atoms with van der Waals surface area (Å²) in [5.41, 5.74) is 1.06. The molecule has 0 spiro atoms. The monoisotopic (exact) mass is 413 g/mol. The van der Waals surface area contributed by atoms with Gasteiger partial charge in [0, 0.05) is 44.5 Å². The standard InChI is InChI=1S/C22H27N3O5/c1-24-16(6-7-23-24)2-5-22(27)25-11-14-8-18(26)20(9-15(14)12-25)30-17-3-4-19-21(10-17)29-13-28-19/h3-4,6-7,10,14-15,18,20,26H,2,5,8-9,11-13H2,1H3/t14-,15+,18+,20+/m0/s1. The maximum Gasteiger partial charge on any atom is 0.231 e. The molecule has 1 saturated heterocycles. The molecule has 160 valence electrons. The number of nitrogens with zero attached hydrogens (tertiary/aromatic N) is 3. The van der Waals surface area contributed by atoms with Gasteiger partial charge in [-0.2, -0.15) is 5.10 Å². The van der Waals surface area contributed by atoms with Crippen LogP contribution in [0.25, 0.3) is 0 Å². The van der Waals surface area contributed by atoms with E-state index in [1.165, 1.54) is 0 Å². The van der Waals surface area contributed by atoms with Crippen LogP contribution in [0.5, 0.6) is 17.2 Å². The molecular formula is C22H27N3O5. The van der Waals surface area contributed by atoms with Gasteiger partial charge in [0.25, 0.3) is 0 Å². The van der Waals surface area contributed by atoms with E-state index in [4.69, 9.17) is 14.2 Å². The molecule has 1 N–H and O–H groups in total. The normalized spacial score (nSPS) is 27.2. The van der Waals surface area contributed by atoms with Gasteiger partial charge in [-0.15, -0.1) is 0 Å². The number of hydrogen-bond donors (Lipinski definition) is 1. The van der Waals surface area contributed by atoms with E-state index in [9.17, 15) is 9.90 Å². The number of carbonyl (C=O) groups is 1. The topological polar surface area (TPSA) is 86.1 Å². The molecule has 1 aromatic heterocycles. The number of likely N-dealkylation sites (tertiary alicyclic amines) is 1. The van der Waals surface area contributed by atoms with E-state index in [0.717, 1.165) is 25.2 Å². The first kappa shape index (κ1) is 19.2. The van der Waals surface area contributed by atoms with Crippen molar-refractivity contribution in [1.29, 1.82) is 0 Å². The van der Waals surface area contributed by atoms with Gasteiger partial charge in [-0.1, -0.05) is 0 Å². The number of aliphatic hydroxyl groups is 1. The summed E-state index contributed by atoms with van der Waals surface area (Å²) in [5.74, 6) is 2.91. The van der Waals surface area contributed by atoms with Crippen molar-refractivity contribution in [3.63, 3.8) is 0 Å². The number of hydrogen-bond acceptors (Lipinski definition) is 6. The van der Waals surface area contributed by atoms with E-state index in [-0.39, 0.29) is 18.8 Å². The minimum atomic E-state index is -0.541. The third-order valence-corrected chi connectivity index (χ3v) is 6.59. The Morgan fingerprint density at radius 2 is 2.00 bits per heavy atom. The number of carbonyl (C=O) groups excluding carboxylic acids is 1. The first-order chi connectivity index (χ1) is 14.6. The van der Waals surface area contributed by atoms with Crippen LogP contribution in [-0.4, -0.2) is 57.8 Å². The third-order valence-electron chi connectivity index (χ3n) is 6.59. The molecule has 8 nitrogen and oxygen atoms in total. The zero-order valence-electron chi connectivity index (χ0n) is 17.1. The Hall–Kier alpha value is -2.74. The number of fused-ring (bicyclic) bond motifs is 2. The SMILES string of the molecule is Cn1nccc1CCC(=O)N1C[C@H]2C[C@@H](Oc3ccc4c(c3)OCO4)[C@H](O)C[C@H]2C1. The van der Waals surface area contributed by atoms with Gasteiger partial charge in [0.15, 0.2) is 11.5 Å². The van der Waals surface area contributed by atoms with Crippen LogP contribution in [0.3, 0.4) is 0 Å². The van der Waals surface area contributed by atoms with Gasteiger partial charge in [0.2, 0.25) is 12.7 Å². The second-order valence-electron chi connectivity index (χ2n) is 8.48. The lowest BCUT2D eigenvalue weighted by molar-refractivity contribution is -0.130. The van der Waals surface area contributed by atoms with Gasteiger partial charge in [-0.05, 0) is 49.3 Å². The van der Waals surface area contributed by atoms with Crippen molar-refractivity contribution in [2.75, 3.05) is 19.9 Å². The summed E-state index contributed by atoms with van der Waals surface area (Å²) < 4.78 is 18.7. The molecular weight excluding hydrogens is 386 g/mol. The smallest absolute Gasteiger partial charge is 0.231 e. The molecule has 8 heteroatoms. The predicted molar refractivity (Wildman–Crippen MR) is 107 cm³/mol. The molecule has 1 saturated carbocycles. The van der Waals surface area contributed by atoms with Crippen molar-refractivity contribution in [3.05, 3.63) is 36.2 Å². The van der Waals surface area contributed by atoms with E-state index in [1.54, 1.807) is 6.20 Å². The molecule has 0 radical (unpaired) electrons. The molecule has 2 aliphatic heterocycles. The molecule has 1 amide bonds. The molecule has 3 heterocycles. The van der Waals surface area contributed by atoms with Crippen LogP contribution >= 0.6 is 0 Å². The summed E-state index contributed by atoms with van der Waals surface area (Å²) in [6.45, 7) is 1.68. The average Bonchev–Trinajstić information content (AvgIpc) is 3.45. The summed E-state index contributed by atoms with van der Waals surface area (Å²) in [4.78, 5) is 14.7.